The Morgan fingerprint density at radius 2 is 2.12 bits per heavy atom. The molecule has 1 N–H and O–H groups in total. The van der Waals surface area contributed by atoms with Crippen molar-refractivity contribution in [3.8, 4) is 11.3 Å². The maximum Gasteiger partial charge on any atom is 0.223 e. The van der Waals surface area contributed by atoms with Gasteiger partial charge >= 0.3 is 0 Å². The monoisotopic (exact) mass is 245 g/mol. The topological polar surface area (TPSA) is 42.0 Å². The van der Waals surface area contributed by atoms with E-state index in [0.717, 1.165) is 17.7 Å². The number of nitrogens with zero attached hydrogens (tertiary/aromatic N) is 1. The number of carbonyl (C=O) groups is 1. The molecule has 87 valence electrons. The van der Waals surface area contributed by atoms with Gasteiger partial charge in [0, 0.05) is 17.9 Å². The molecule has 1 heterocycles. The molecule has 1 amide bonds. The predicted molar refractivity (Wildman–Crippen MR) is 70.9 cm³/mol. The molecule has 3 nitrogen and oxygen atoms in total. The highest BCUT2D eigenvalue weighted by Gasteiger charge is 2.05. The summed E-state index contributed by atoms with van der Waals surface area (Å²) in [6.07, 6.45) is 0.786. The highest BCUT2D eigenvalue weighted by Crippen LogP contribution is 2.25. The van der Waals surface area contributed by atoms with E-state index in [1.54, 1.807) is 0 Å². The second-order valence-electron chi connectivity index (χ2n) is 3.67. The lowest BCUT2D eigenvalue weighted by molar-refractivity contribution is -0.114. The molecule has 0 aliphatic heterocycles. The van der Waals surface area contributed by atoms with Crippen LogP contribution in [-0.2, 0) is 11.2 Å². The van der Waals surface area contributed by atoms with Gasteiger partial charge in [-0.15, -0.1) is 11.3 Å². The molecule has 0 fully saturated rings. The lowest BCUT2D eigenvalue weighted by Gasteiger charge is -1.99. The van der Waals surface area contributed by atoms with Crippen molar-refractivity contribution >= 4 is 22.4 Å². The third-order valence-corrected chi connectivity index (χ3v) is 3.08. The van der Waals surface area contributed by atoms with E-state index >= 15 is 0 Å². The summed E-state index contributed by atoms with van der Waals surface area (Å²) in [5.41, 5.74) is 3.13. The Balaban J connectivity index is 2.21. The molecule has 0 aliphatic rings. The van der Waals surface area contributed by atoms with Crippen LogP contribution >= 0.6 is 11.3 Å². The predicted octanol–water partition coefficient (Wildman–Crippen LogP) is 3.15. The lowest BCUT2D eigenvalue weighted by atomic mass is 10.1. The van der Waals surface area contributed by atoms with Gasteiger partial charge in [-0.25, -0.2) is 4.98 Å². The summed E-state index contributed by atoms with van der Waals surface area (Å²) in [6.45, 7) is 5.31. The number of benzene rings is 1. The summed E-state index contributed by atoms with van der Waals surface area (Å²) in [7, 11) is 0. The van der Waals surface area contributed by atoms with Gasteiger partial charge in [0.2, 0.25) is 5.91 Å². The molecular formula is C13H13N2OS. The van der Waals surface area contributed by atoms with Crippen molar-refractivity contribution in [3.63, 3.8) is 0 Å². The third kappa shape index (κ3) is 2.91. The summed E-state index contributed by atoms with van der Waals surface area (Å²) in [4.78, 5) is 15.2. The number of aromatic nitrogens is 1. The number of amides is 1. The van der Waals surface area contributed by atoms with E-state index in [-0.39, 0.29) is 5.91 Å². The highest BCUT2D eigenvalue weighted by atomic mass is 32.1. The van der Waals surface area contributed by atoms with Crippen molar-refractivity contribution in [2.45, 2.75) is 13.3 Å². The summed E-state index contributed by atoms with van der Waals surface area (Å²) in [5.74, 6) is -0.0988. The van der Waals surface area contributed by atoms with Crippen LogP contribution in [-0.4, -0.2) is 10.9 Å². The molecule has 0 aliphatic carbocycles. The first-order chi connectivity index (χ1) is 8.19. The maximum atomic E-state index is 10.9. The Kier molecular flexibility index (Phi) is 3.54. The molecule has 17 heavy (non-hydrogen) atoms. The smallest absolute Gasteiger partial charge is 0.223 e. The van der Waals surface area contributed by atoms with Gasteiger partial charge in [0.25, 0.3) is 0 Å². The van der Waals surface area contributed by atoms with E-state index in [2.05, 4.69) is 17.2 Å². The third-order valence-electron chi connectivity index (χ3n) is 2.33. The zero-order valence-corrected chi connectivity index (χ0v) is 10.4. The number of thiazole rings is 1. The Hall–Kier alpha value is -1.68. The summed E-state index contributed by atoms with van der Waals surface area (Å²) in [6, 6.07) is 8.12. The van der Waals surface area contributed by atoms with Crippen LogP contribution in [0.4, 0.5) is 5.13 Å². The molecule has 0 spiro atoms. The number of hydrogen-bond donors (Lipinski definition) is 1. The van der Waals surface area contributed by atoms with Gasteiger partial charge in [-0.2, -0.15) is 0 Å². The molecule has 0 bridgehead atoms. The average molecular weight is 245 g/mol. The minimum absolute atomic E-state index is 0.0988. The quantitative estimate of drug-likeness (QED) is 0.902. The van der Waals surface area contributed by atoms with Gasteiger partial charge in [-0.05, 0) is 18.9 Å². The summed E-state index contributed by atoms with van der Waals surface area (Å²) in [5, 5.41) is 5.24. The maximum absolute atomic E-state index is 10.9. The molecule has 4 heteroatoms. The molecule has 0 atom stereocenters. The zero-order chi connectivity index (χ0) is 12.3. The number of rotatable bonds is 3. The lowest BCUT2D eigenvalue weighted by Crippen LogP contribution is -2.04. The van der Waals surface area contributed by atoms with Crippen LogP contribution in [0.15, 0.2) is 29.6 Å². The summed E-state index contributed by atoms with van der Waals surface area (Å²) >= 11 is 1.43. The van der Waals surface area contributed by atoms with E-state index in [1.165, 1.54) is 23.8 Å². The average Bonchev–Trinajstić information content (AvgIpc) is 2.77. The molecule has 1 aromatic heterocycles. The van der Waals surface area contributed by atoms with Crippen molar-refractivity contribution in [2.75, 3.05) is 5.32 Å². The minimum atomic E-state index is -0.0988. The second-order valence-corrected chi connectivity index (χ2v) is 4.52. The fraction of sp³-hybridized carbons (Fsp3) is 0.154. The molecule has 0 unspecified atom stereocenters. The van der Waals surface area contributed by atoms with Gasteiger partial charge in [-0.1, -0.05) is 24.3 Å². The van der Waals surface area contributed by atoms with E-state index < -0.39 is 0 Å². The van der Waals surface area contributed by atoms with Gasteiger partial charge in [0.05, 0.1) is 5.69 Å². The molecule has 1 radical (unpaired) electrons. The Bertz CT molecular complexity index is 516. The van der Waals surface area contributed by atoms with Gasteiger partial charge in [0.1, 0.15) is 0 Å². The van der Waals surface area contributed by atoms with Crippen LogP contribution in [0.25, 0.3) is 11.3 Å². The molecule has 2 aromatic rings. The van der Waals surface area contributed by atoms with E-state index in [9.17, 15) is 4.79 Å². The highest BCUT2D eigenvalue weighted by molar-refractivity contribution is 7.14. The zero-order valence-electron chi connectivity index (χ0n) is 9.56. The van der Waals surface area contributed by atoms with E-state index in [4.69, 9.17) is 0 Å². The van der Waals surface area contributed by atoms with Gasteiger partial charge in [-0.3, -0.25) is 4.79 Å². The van der Waals surface area contributed by atoms with E-state index in [1.807, 2.05) is 29.6 Å². The normalized spacial score (nSPS) is 10.2. The number of carbonyl (C=O) groups excluding carboxylic acids is 1. The molecular weight excluding hydrogens is 232 g/mol. The fourth-order valence-electron chi connectivity index (χ4n) is 1.46. The Labute approximate surface area is 105 Å². The van der Waals surface area contributed by atoms with Gasteiger partial charge in [0.15, 0.2) is 5.13 Å². The van der Waals surface area contributed by atoms with Crippen LogP contribution in [0.1, 0.15) is 12.5 Å². The number of nitrogens with one attached hydrogen (secondary N) is 1. The van der Waals surface area contributed by atoms with Crippen LogP contribution in [0.2, 0.25) is 0 Å². The molecule has 0 saturated carbocycles. The van der Waals surface area contributed by atoms with E-state index in [0.29, 0.717) is 5.13 Å². The van der Waals surface area contributed by atoms with Crippen molar-refractivity contribution in [2.24, 2.45) is 0 Å². The molecule has 1 aromatic carbocycles. The van der Waals surface area contributed by atoms with Crippen molar-refractivity contribution in [1.29, 1.82) is 0 Å². The van der Waals surface area contributed by atoms with Gasteiger partial charge < -0.3 is 5.32 Å². The minimum Gasteiger partial charge on any atom is -0.302 e. The van der Waals surface area contributed by atoms with Crippen LogP contribution in [0, 0.1) is 6.92 Å². The van der Waals surface area contributed by atoms with Crippen molar-refractivity contribution < 1.29 is 4.79 Å². The Morgan fingerprint density at radius 3 is 2.71 bits per heavy atom. The first-order valence-corrected chi connectivity index (χ1v) is 6.18. The standard InChI is InChI=1S/C13H13N2OS/c1-3-10-4-6-11(7-5-10)12-8-17-13(15-12)14-9(2)16/h4-8H,1,3H2,2H3,(H,14,15,16). The second kappa shape index (κ2) is 5.10. The number of anilines is 1. The van der Waals surface area contributed by atoms with Crippen molar-refractivity contribution in [3.05, 3.63) is 42.1 Å². The van der Waals surface area contributed by atoms with Crippen LogP contribution < -0.4 is 5.32 Å². The van der Waals surface area contributed by atoms with Crippen LogP contribution in [0.3, 0.4) is 0 Å². The first kappa shape index (κ1) is 11.8. The number of hydrogen-bond acceptors (Lipinski definition) is 3. The molecule has 0 saturated heterocycles. The largest absolute Gasteiger partial charge is 0.302 e. The van der Waals surface area contributed by atoms with Crippen molar-refractivity contribution in [1.82, 2.24) is 4.98 Å². The SMILES string of the molecule is [CH2]Cc1ccc(-c2csc(NC(C)=O)n2)cc1. The van der Waals surface area contributed by atoms with Crippen LogP contribution in [0.5, 0.6) is 0 Å². The summed E-state index contributed by atoms with van der Waals surface area (Å²) < 4.78 is 0. The first-order valence-electron chi connectivity index (χ1n) is 5.30. The molecule has 2 rings (SSSR count). The fourth-order valence-corrected chi connectivity index (χ4v) is 2.22. The Morgan fingerprint density at radius 1 is 1.41 bits per heavy atom.